The summed E-state index contributed by atoms with van der Waals surface area (Å²) in [5, 5.41) is 2.88. The molecule has 0 aliphatic carbocycles. The van der Waals surface area contributed by atoms with E-state index in [1.54, 1.807) is 23.1 Å². The highest BCUT2D eigenvalue weighted by Gasteiger charge is 2.34. The average molecular weight is 593 g/mol. The van der Waals surface area contributed by atoms with Gasteiger partial charge in [0.05, 0.1) is 25.6 Å². The first-order chi connectivity index (χ1) is 20.0. The van der Waals surface area contributed by atoms with E-state index in [-0.39, 0.29) is 54.5 Å². The van der Waals surface area contributed by atoms with E-state index in [0.29, 0.717) is 49.6 Å². The zero-order chi connectivity index (χ0) is 28.3. The molecule has 0 fully saturated rings. The molecule has 1 aromatic heterocycles. The third-order valence-electron chi connectivity index (χ3n) is 7.22. The van der Waals surface area contributed by atoms with Crippen LogP contribution in [0.1, 0.15) is 51.1 Å². The summed E-state index contributed by atoms with van der Waals surface area (Å²) < 4.78 is 32.0. The minimum absolute atomic E-state index is 0. The van der Waals surface area contributed by atoms with Crippen molar-refractivity contribution < 1.29 is 27.9 Å². The van der Waals surface area contributed by atoms with Crippen LogP contribution in [0.5, 0.6) is 17.2 Å². The van der Waals surface area contributed by atoms with Crippen molar-refractivity contribution in [1.82, 2.24) is 15.2 Å². The minimum Gasteiger partial charge on any atom is -0.494 e. The van der Waals surface area contributed by atoms with Crippen molar-refractivity contribution in [3.63, 3.8) is 0 Å². The molecule has 7 rings (SSSR count). The number of ether oxygens (including phenoxy) is 2. The third kappa shape index (κ3) is 6.09. The van der Waals surface area contributed by atoms with Crippen LogP contribution in [0.2, 0.25) is 0 Å². The van der Waals surface area contributed by atoms with Gasteiger partial charge in [-0.1, -0.05) is 24.3 Å². The number of benzene rings is 3. The molecule has 218 valence electrons. The molecule has 3 aliphatic rings. The summed E-state index contributed by atoms with van der Waals surface area (Å²) in [6.45, 7) is 1.33. The zero-order valence-corrected chi connectivity index (χ0v) is 23.5. The van der Waals surface area contributed by atoms with Gasteiger partial charge in [-0.25, -0.2) is 9.37 Å². The van der Waals surface area contributed by atoms with Crippen LogP contribution in [0.3, 0.4) is 0 Å². The van der Waals surface area contributed by atoms with Crippen molar-refractivity contribution in [3.05, 3.63) is 107 Å². The standard InChI is InChI=1S/C31H29FN4O5.ClH/c32-25-8-5-19-13-27(25)41-23-6-7-24-20(15-23)9-11-36(31(38)26-18-40-29(17-33)35-26)30(24)21-3-1-4-22(16-21)39-12-2-10-34-28(37)14-19;/h1,3-8,13,15-16,18,30H,2,9-12,14,17,33H2,(H,34,37);1H. The van der Waals surface area contributed by atoms with Crippen LogP contribution in [0.15, 0.2) is 71.3 Å². The summed E-state index contributed by atoms with van der Waals surface area (Å²) in [6.07, 6.45) is 2.59. The van der Waals surface area contributed by atoms with Crippen LogP contribution in [-0.4, -0.2) is 41.4 Å². The third-order valence-corrected chi connectivity index (χ3v) is 7.22. The van der Waals surface area contributed by atoms with Gasteiger partial charge in [0, 0.05) is 13.1 Å². The molecule has 2 amide bonds. The predicted octanol–water partition coefficient (Wildman–Crippen LogP) is 4.72. The maximum Gasteiger partial charge on any atom is 0.276 e. The number of aromatic nitrogens is 1. The molecular weight excluding hydrogens is 563 g/mol. The van der Waals surface area contributed by atoms with Gasteiger partial charge in [-0.3, -0.25) is 9.59 Å². The van der Waals surface area contributed by atoms with E-state index in [1.165, 1.54) is 12.3 Å². The molecule has 0 radical (unpaired) electrons. The first-order valence-corrected chi connectivity index (χ1v) is 13.5. The van der Waals surface area contributed by atoms with Crippen molar-refractivity contribution in [2.45, 2.75) is 31.8 Å². The van der Waals surface area contributed by atoms with Gasteiger partial charge < -0.3 is 29.8 Å². The highest BCUT2D eigenvalue weighted by molar-refractivity contribution is 5.93. The maximum absolute atomic E-state index is 14.7. The lowest BCUT2D eigenvalue weighted by Gasteiger charge is -2.37. The number of carbonyl (C=O) groups is 2. The quantitative estimate of drug-likeness (QED) is 0.346. The van der Waals surface area contributed by atoms with Crippen LogP contribution >= 0.6 is 12.4 Å². The number of nitrogens with zero attached hydrogens (tertiary/aromatic N) is 2. The fraction of sp³-hybridized carbons (Fsp3) is 0.258. The minimum atomic E-state index is -0.522. The molecule has 1 unspecified atom stereocenters. The molecule has 1 atom stereocenters. The summed E-state index contributed by atoms with van der Waals surface area (Å²) in [5.74, 6) is 0.482. The maximum atomic E-state index is 14.7. The predicted molar refractivity (Wildman–Crippen MR) is 154 cm³/mol. The van der Waals surface area contributed by atoms with Crippen molar-refractivity contribution in [3.8, 4) is 17.2 Å². The lowest BCUT2D eigenvalue weighted by atomic mass is 9.87. The van der Waals surface area contributed by atoms with Crippen molar-refractivity contribution in [1.29, 1.82) is 0 Å². The normalized spacial score (nSPS) is 16.6. The molecule has 3 N–H and O–H groups in total. The van der Waals surface area contributed by atoms with E-state index < -0.39 is 11.9 Å². The Balaban J connectivity index is 0.00000353. The number of amides is 2. The topological polar surface area (TPSA) is 120 Å². The lowest BCUT2D eigenvalue weighted by molar-refractivity contribution is -0.120. The molecule has 4 heterocycles. The number of rotatable bonds is 2. The summed E-state index contributed by atoms with van der Waals surface area (Å²) >= 11 is 0. The second kappa shape index (κ2) is 12.6. The average Bonchev–Trinajstić information content (AvgIpc) is 3.47. The molecule has 0 spiro atoms. The Morgan fingerprint density at radius 1 is 1.12 bits per heavy atom. The molecule has 8 bridgehead atoms. The Morgan fingerprint density at radius 2 is 2.00 bits per heavy atom. The van der Waals surface area contributed by atoms with E-state index in [4.69, 9.17) is 19.6 Å². The van der Waals surface area contributed by atoms with Crippen LogP contribution in [0.25, 0.3) is 0 Å². The van der Waals surface area contributed by atoms with Gasteiger partial charge in [-0.2, -0.15) is 0 Å². The molecular formula is C31H30ClFN4O5. The number of nitrogens with one attached hydrogen (secondary N) is 1. The molecule has 9 nitrogen and oxygen atoms in total. The Kier molecular flexibility index (Phi) is 8.75. The highest BCUT2D eigenvalue weighted by atomic mass is 35.5. The molecule has 3 aliphatic heterocycles. The zero-order valence-electron chi connectivity index (χ0n) is 22.7. The summed E-state index contributed by atoms with van der Waals surface area (Å²) in [7, 11) is 0. The van der Waals surface area contributed by atoms with Gasteiger partial charge in [0.1, 0.15) is 17.8 Å². The Hall–Kier alpha value is -4.41. The lowest BCUT2D eigenvalue weighted by Crippen LogP contribution is -2.40. The van der Waals surface area contributed by atoms with Crippen LogP contribution in [0.4, 0.5) is 4.39 Å². The largest absolute Gasteiger partial charge is 0.494 e. The van der Waals surface area contributed by atoms with E-state index in [0.717, 1.165) is 16.7 Å². The highest BCUT2D eigenvalue weighted by Crippen LogP contribution is 2.39. The summed E-state index contributed by atoms with van der Waals surface area (Å²) in [5.41, 5.74) is 9.22. The smallest absolute Gasteiger partial charge is 0.276 e. The van der Waals surface area contributed by atoms with Gasteiger partial charge in [0.15, 0.2) is 17.3 Å². The number of hydrogen-bond acceptors (Lipinski definition) is 7. The monoisotopic (exact) mass is 592 g/mol. The molecule has 42 heavy (non-hydrogen) atoms. The van der Waals surface area contributed by atoms with Gasteiger partial charge >= 0.3 is 0 Å². The number of hydrogen-bond donors (Lipinski definition) is 2. The fourth-order valence-corrected chi connectivity index (χ4v) is 5.27. The fourth-order valence-electron chi connectivity index (χ4n) is 5.27. The van der Waals surface area contributed by atoms with Crippen molar-refractivity contribution in [2.24, 2.45) is 5.73 Å². The van der Waals surface area contributed by atoms with Gasteiger partial charge in [-0.15, -0.1) is 12.4 Å². The number of oxazole rings is 1. The van der Waals surface area contributed by atoms with Gasteiger partial charge in [-0.05, 0) is 71.5 Å². The Morgan fingerprint density at radius 3 is 2.83 bits per heavy atom. The Labute approximate surface area is 248 Å². The number of halogens is 2. The second-order valence-corrected chi connectivity index (χ2v) is 10.0. The van der Waals surface area contributed by atoms with E-state index in [2.05, 4.69) is 10.3 Å². The van der Waals surface area contributed by atoms with Crippen LogP contribution in [0, 0.1) is 5.82 Å². The first-order valence-electron chi connectivity index (χ1n) is 13.5. The first kappa shape index (κ1) is 29.1. The molecule has 4 aromatic rings. The van der Waals surface area contributed by atoms with Crippen molar-refractivity contribution in [2.75, 3.05) is 19.7 Å². The van der Waals surface area contributed by atoms with E-state index in [9.17, 15) is 14.0 Å². The number of fused-ring (bicyclic) bond motifs is 7. The molecule has 11 heteroatoms. The molecule has 3 aromatic carbocycles. The summed E-state index contributed by atoms with van der Waals surface area (Å²) in [4.78, 5) is 32.2. The van der Waals surface area contributed by atoms with Crippen LogP contribution < -0.4 is 20.5 Å². The van der Waals surface area contributed by atoms with E-state index >= 15 is 0 Å². The number of nitrogens with two attached hydrogens (primary N) is 1. The van der Waals surface area contributed by atoms with E-state index in [1.807, 2.05) is 36.4 Å². The Bertz CT molecular complexity index is 1610. The van der Waals surface area contributed by atoms with Crippen LogP contribution in [-0.2, 0) is 24.2 Å². The van der Waals surface area contributed by atoms with Crippen molar-refractivity contribution >= 4 is 24.2 Å². The van der Waals surface area contributed by atoms with Gasteiger partial charge in [0.2, 0.25) is 11.8 Å². The molecule has 0 saturated heterocycles. The number of carbonyl (C=O) groups excluding carboxylic acids is 2. The van der Waals surface area contributed by atoms with Gasteiger partial charge in [0.25, 0.3) is 5.91 Å². The second-order valence-electron chi connectivity index (χ2n) is 10.0. The summed E-state index contributed by atoms with van der Waals surface area (Å²) in [6, 6.07) is 17.2. The SMILES string of the molecule is Cl.NCc1nc(C(=O)N2CCc3cc4ccc3C2c2cccc(c2)OCCCNC(=O)Cc2ccc(F)c(c2)O4)co1. The molecule has 0 saturated carbocycles.